The van der Waals surface area contributed by atoms with Crippen LogP contribution in [-0.2, 0) is 6.54 Å². The fraction of sp³-hybridized carbons (Fsp3) is 0.435. The molecule has 32 heavy (non-hydrogen) atoms. The van der Waals surface area contributed by atoms with E-state index in [1.165, 1.54) is 12.8 Å². The highest BCUT2D eigenvalue weighted by molar-refractivity contribution is 5.99. The highest BCUT2D eigenvalue weighted by atomic mass is 19.1. The molecule has 3 aromatic rings. The lowest BCUT2D eigenvalue weighted by Crippen LogP contribution is -2.43. The van der Waals surface area contributed by atoms with Crippen LogP contribution in [-0.4, -0.2) is 32.8 Å². The summed E-state index contributed by atoms with van der Waals surface area (Å²) in [6.45, 7) is 0.893. The van der Waals surface area contributed by atoms with Crippen LogP contribution in [0.4, 0.5) is 21.7 Å². The van der Waals surface area contributed by atoms with E-state index in [9.17, 15) is 9.18 Å². The number of fused-ring (bicyclic) bond motifs is 1. The zero-order chi connectivity index (χ0) is 22.2. The number of nitrogens with two attached hydrogens (primary N) is 2. The van der Waals surface area contributed by atoms with Crippen molar-refractivity contribution in [2.45, 2.75) is 57.2 Å². The molecule has 2 aliphatic rings. The molecule has 0 radical (unpaired) electrons. The normalized spacial score (nSPS) is 20.9. The molecule has 0 aliphatic heterocycles. The van der Waals surface area contributed by atoms with Crippen molar-refractivity contribution < 1.29 is 9.18 Å². The molecule has 1 unspecified atom stereocenters. The lowest BCUT2D eigenvalue weighted by Gasteiger charge is -2.30. The van der Waals surface area contributed by atoms with Gasteiger partial charge >= 0.3 is 0 Å². The third-order valence-corrected chi connectivity index (χ3v) is 6.42. The SMILES string of the molecule is NC(=O)c1cc(F)c(NC2CCCC[C@@H]2N)nc1Nc1ccc2cnn(CC3CC3)c2c1. The number of nitrogens with zero attached hydrogens (tertiary/aromatic N) is 3. The molecule has 5 rings (SSSR count). The van der Waals surface area contributed by atoms with Gasteiger partial charge in [0, 0.05) is 29.7 Å². The second-order valence-electron chi connectivity index (χ2n) is 8.95. The van der Waals surface area contributed by atoms with E-state index in [0.29, 0.717) is 5.92 Å². The third-order valence-electron chi connectivity index (χ3n) is 6.42. The number of hydrogen-bond acceptors (Lipinski definition) is 6. The monoisotopic (exact) mass is 437 g/mol. The second kappa shape index (κ2) is 8.38. The summed E-state index contributed by atoms with van der Waals surface area (Å²) in [5.74, 6) is -0.410. The lowest BCUT2D eigenvalue weighted by atomic mass is 9.91. The number of carbonyl (C=O) groups is 1. The predicted octanol–water partition coefficient (Wildman–Crippen LogP) is 3.50. The molecule has 1 aromatic carbocycles. The van der Waals surface area contributed by atoms with Crippen LogP contribution in [0.15, 0.2) is 30.5 Å². The van der Waals surface area contributed by atoms with Gasteiger partial charge in [0.25, 0.3) is 5.91 Å². The van der Waals surface area contributed by atoms with Crippen LogP contribution in [0.25, 0.3) is 10.9 Å². The van der Waals surface area contributed by atoms with Gasteiger partial charge in [0.1, 0.15) is 5.82 Å². The fourth-order valence-corrected chi connectivity index (χ4v) is 4.36. The van der Waals surface area contributed by atoms with Crippen LogP contribution in [0.5, 0.6) is 0 Å². The Kier molecular flexibility index (Phi) is 5.42. The van der Waals surface area contributed by atoms with Crippen LogP contribution >= 0.6 is 0 Å². The van der Waals surface area contributed by atoms with E-state index in [-0.39, 0.29) is 29.3 Å². The Morgan fingerprint density at radius 2 is 1.97 bits per heavy atom. The number of halogens is 1. The van der Waals surface area contributed by atoms with Crippen molar-refractivity contribution in [1.29, 1.82) is 0 Å². The van der Waals surface area contributed by atoms with Gasteiger partial charge in [0.2, 0.25) is 0 Å². The van der Waals surface area contributed by atoms with Crippen molar-refractivity contribution in [3.63, 3.8) is 0 Å². The van der Waals surface area contributed by atoms with Crippen LogP contribution in [0.1, 0.15) is 48.9 Å². The van der Waals surface area contributed by atoms with Gasteiger partial charge in [0.05, 0.1) is 17.3 Å². The minimum atomic E-state index is -0.750. The first-order valence-corrected chi connectivity index (χ1v) is 11.2. The largest absolute Gasteiger partial charge is 0.365 e. The number of carbonyl (C=O) groups excluding carboxylic acids is 1. The molecule has 0 spiro atoms. The summed E-state index contributed by atoms with van der Waals surface area (Å²) in [5.41, 5.74) is 13.4. The second-order valence-corrected chi connectivity index (χ2v) is 8.95. The molecule has 2 saturated carbocycles. The van der Waals surface area contributed by atoms with Gasteiger partial charge < -0.3 is 22.1 Å². The van der Waals surface area contributed by atoms with Gasteiger partial charge in [-0.3, -0.25) is 9.48 Å². The van der Waals surface area contributed by atoms with Crippen LogP contribution in [0.2, 0.25) is 0 Å². The maximum absolute atomic E-state index is 14.7. The molecule has 0 bridgehead atoms. The summed E-state index contributed by atoms with van der Waals surface area (Å²) < 4.78 is 16.7. The first-order valence-electron chi connectivity index (χ1n) is 11.2. The standard InChI is InChI=1S/C23H28FN7O/c24-17-10-16(21(26)32)22(30-23(17)29-19-4-2-1-3-18(19)25)28-15-8-7-14-11-27-31(20(14)9-15)12-13-5-6-13/h7-11,13,18-19H,1-6,12,25H2,(H2,26,32)(H2,28,29,30)/t18-,19?/m0/s1. The van der Waals surface area contributed by atoms with Gasteiger partial charge in [-0.05, 0) is 55.9 Å². The van der Waals surface area contributed by atoms with E-state index >= 15 is 0 Å². The zero-order valence-corrected chi connectivity index (χ0v) is 17.9. The Morgan fingerprint density at radius 1 is 1.16 bits per heavy atom. The number of hydrogen-bond donors (Lipinski definition) is 4. The first kappa shape index (κ1) is 20.7. The van der Waals surface area contributed by atoms with E-state index in [0.717, 1.165) is 54.9 Å². The number of pyridine rings is 1. The molecule has 6 N–H and O–H groups in total. The van der Waals surface area contributed by atoms with Crippen molar-refractivity contribution in [3.8, 4) is 0 Å². The Bertz CT molecular complexity index is 1160. The van der Waals surface area contributed by atoms with Crippen molar-refractivity contribution >= 4 is 34.1 Å². The van der Waals surface area contributed by atoms with Crippen molar-refractivity contribution in [2.24, 2.45) is 17.4 Å². The summed E-state index contributed by atoms with van der Waals surface area (Å²) in [7, 11) is 0. The quantitative estimate of drug-likeness (QED) is 0.448. The predicted molar refractivity (Wildman–Crippen MR) is 122 cm³/mol. The molecule has 2 heterocycles. The number of rotatable bonds is 7. The molecule has 2 aliphatic carbocycles. The Balaban J connectivity index is 1.45. The van der Waals surface area contributed by atoms with Crippen molar-refractivity contribution in [3.05, 3.63) is 41.8 Å². The fourth-order valence-electron chi connectivity index (χ4n) is 4.36. The van der Waals surface area contributed by atoms with E-state index < -0.39 is 11.7 Å². The smallest absolute Gasteiger partial charge is 0.252 e. The van der Waals surface area contributed by atoms with E-state index in [1.54, 1.807) is 0 Å². The number of nitrogens with one attached hydrogen (secondary N) is 2. The van der Waals surface area contributed by atoms with E-state index in [4.69, 9.17) is 11.5 Å². The topological polar surface area (TPSA) is 124 Å². The molecular weight excluding hydrogens is 409 g/mol. The van der Waals surface area contributed by atoms with Crippen LogP contribution in [0.3, 0.4) is 0 Å². The minimum absolute atomic E-state index is 0.00687. The number of aromatic nitrogens is 3. The van der Waals surface area contributed by atoms with Crippen molar-refractivity contribution in [2.75, 3.05) is 10.6 Å². The Hall–Kier alpha value is -3.20. The minimum Gasteiger partial charge on any atom is -0.365 e. The van der Waals surface area contributed by atoms with Gasteiger partial charge in [-0.2, -0.15) is 5.10 Å². The molecule has 9 heteroatoms. The Morgan fingerprint density at radius 3 is 2.72 bits per heavy atom. The molecule has 2 fully saturated rings. The van der Waals surface area contributed by atoms with Gasteiger partial charge in [-0.1, -0.05) is 12.8 Å². The molecular formula is C23H28FN7O. The van der Waals surface area contributed by atoms with Crippen molar-refractivity contribution in [1.82, 2.24) is 14.8 Å². The summed E-state index contributed by atoms with van der Waals surface area (Å²) >= 11 is 0. The van der Waals surface area contributed by atoms with Crippen LogP contribution < -0.4 is 22.1 Å². The van der Waals surface area contributed by atoms with Gasteiger partial charge in [-0.25, -0.2) is 9.37 Å². The maximum Gasteiger partial charge on any atom is 0.252 e. The molecule has 2 atom stereocenters. The number of amides is 1. The number of anilines is 3. The van der Waals surface area contributed by atoms with Crippen LogP contribution in [0, 0.1) is 11.7 Å². The van der Waals surface area contributed by atoms with E-state index in [2.05, 4.69) is 20.7 Å². The highest BCUT2D eigenvalue weighted by Gasteiger charge is 2.25. The summed E-state index contributed by atoms with van der Waals surface area (Å²) in [6, 6.07) is 6.81. The maximum atomic E-state index is 14.7. The lowest BCUT2D eigenvalue weighted by molar-refractivity contribution is 0.100. The van der Waals surface area contributed by atoms with E-state index in [1.807, 2.05) is 29.1 Å². The summed E-state index contributed by atoms with van der Waals surface area (Å²) in [4.78, 5) is 16.4. The van der Waals surface area contributed by atoms with Gasteiger partial charge in [-0.15, -0.1) is 0 Å². The van der Waals surface area contributed by atoms with Gasteiger partial charge in [0.15, 0.2) is 11.6 Å². The average molecular weight is 438 g/mol. The first-order chi connectivity index (χ1) is 15.5. The third kappa shape index (κ3) is 4.25. The molecule has 2 aromatic heterocycles. The highest BCUT2D eigenvalue weighted by Crippen LogP contribution is 2.32. The molecule has 0 saturated heterocycles. The average Bonchev–Trinajstić information content (AvgIpc) is 3.51. The molecule has 168 valence electrons. The zero-order valence-electron chi connectivity index (χ0n) is 17.9. The number of primary amides is 1. The summed E-state index contributed by atoms with van der Waals surface area (Å²) in [6.07, 6.45) is 8.17. The molecule has 1 amide bonds. The Labute approximate surface area is 185 Å². The number of benzene rings is 1. The molecule has 8 nitrogen and oxygen atoms in total. The summed E-state index contributed by atoms with van der Waals surface area (Å²) in [5, 5.41) is 11.8.